The van der Waals surface area contributed by atoms with Crippen molar-refractivity contribution < 1.29 is 14.6 Å². The largest absolute Gasteiger partial charge is 0.454 e. The van der Waals surface area contributed by atoms with Crippen LogP contribution in [0, 0.1) is 0 Å². The number of aromatic nitrogens is 4. The minimum atomic E-state index is -0.787. The molecule has 3 aromatic heterocycles. The smallest absolute Gasteiger partial charge is 0.168 e. The maximum atomic E-state index is 10.4. The van der Waals surface area contributed by atoms with Crippen LogP contribution in [0.15, 0.2) is 42.9 Å². The molecular formula is C25H30N6O3. The fraction of sp³-hybridized carbons (Fsp3) is 0.480. The summed E-state index contributed by atoms with van der Waals surface area (Å²) in [6, 6.07) is 7.89. The van der Waals surface area contributed by atoms with Crippen molar-refractivity contribution in [1.82, 2.24) is 25.1 Å². The first kappa shape index (κ1) is 21.5. The molecule has 34 heavy (non-hydrogen) atoms. The van der Waals surface area contributed by atoms with E-state index in [0.29, 0.717) is 30.1 Å². The van der Waals surface area contributed by atoms with Gasteiger partial charge >= 0.3 is 0 Å². The molecule has 6 rings (SSSR count). The molecule has 3 N–H and O–H groups in total. The van der Waals surface area contributed by atoms with E-state index < -0.39 is 5.60 Å². The molecule has 2 saturated heterocycles. The first-order valence-corrected chi connectivity index (χ1v) is 12.0. The van der Waals surface area contributed by atoms with Crippen LogP contribution in [-0.2, 0) is 4.74 Å². The molecule has 2 aliphatic heterocycles. The molecule has 3 fully saturated rings. The van der Waals surface area contributed by atoms with Crippen molar-refractivity contribution in [2.45, 2.75) is 56.2 Å². The summed E-state index contributed by atoms with van der Waals surface area (Å²) in [5.41, 5.74) is 1.89. The molecule has 1 saturated carbocycles. The minimum Gasteiger partial charge on any atom is -0.454 e. The van der Waals surface area contributed by atoms with Crippen molar-refractivity contribution >= 4 is 11.5 Å². The summed E-state index contributed by atoms with van der Waals surface area (Å²) in [6.45, 7) is 3.91. The standard InChI is InChI=1S/C25H30N6O3/c1-25(32)15-28-24(25)20-12-17(4-8-26-20)29-22-13-19(5-9-27-22)34-21-14-31(18-2-3-18)30-23(21)16-6-10-33-11-7-16/h4-5,8-9,12-14,16,18,24,28,32H,2-3,6-7,10-11,15H2,1H3,(H,26,27,29). The maximum absolute atomic E-state index is 10.4. The summed E-state index contributed by atoms with van der Waals surface area (Å²) in [5.74, 6) is 2.56. The van der Waals surface area contributed by atoms with Gasteiger partial charge in [0.25, 0.3) is 0 Å². The van der Waals surface area contributed by atoms with E-state index in [2.05, 4.69) is 25.3 Å². The lowest BCUT2D eigenvalue weighted by atomic mass is 9.85. The van der Waals surface area contributed by atoms with Crippen LogP contribution >= 0.6 is 0 Å². The quantitative estimate of drug-likeness (QED) is 0.486. The lowest BCUT2D eigenvalue weighted by Gasteiger charge is -2.43. The molecule has 1 aliphatic carbocycles. The van der Waals surface area contributed by atoms with Crippen LogP contribution in [0.4, 0.5) is 11.5 Å². The summed E-state index contributed by atoms with van der Waals surface area (Å²) in [7, 11) is 0. The van der Waals surface area contributed by atoms with Crippen molar-refractivity contribution in [3.8, 4) is 11.5 Å². The molecule has 3 aromatic rings. The van der Waals surface area contributed by atoms with Crippen molar-refractivity contribution in [2.24, 2.45) is 0 Å². The number of pyridine rings is 2. The predicted octanol–water partition coefficient (Wildman–Crippen LogP) is 3.83. The highest BCUT2D eigenvalue weighted by Gasteiger charge is 2.42. The van der Waals surface area contributed by atoms with Crippen molar-refractivity contribution in [2.75, 3.05) is 25.1 Å². The lowest BCUT2D eigenvalue weighted by Crippen LogP contribution is -2.59. The van der Waals surface area contributed by atoms with E-state index in [1.165, 1.54) is 12.8 Å². The zero-order chi connectivity index (χ0) is 23.1. The van der Waals surface area contributed by atoms with Crippen LogP contribution in [0.3, 0.4) is 0 Å². The van der Waals surface area contributed by atoms with E-state index in [0.717, 1.165) is 48.9 Å². The molecule has 0 radical (unpaired) electrons. The van der Waals surface area contributed by atoms with Gasteiger partial charge in [-0.3, -0.25) is 9.67 Å². The summed E-state index contributed by atoms with van der Waals surface area (Å²) < 4.78 is 14.0. The highest BCUT2D eigenvalue weighted by Crippen LogP contribution is 2.40. The first-order chi connectivity index (χ1) is 16.5. The van der Waals surface area contributed by atoms with Gasteiger partial charge in [0, 0.05) is 49.8 Å². The van der Waals surface area contributed by atoms with Gasteiger partial charge in [-0.2, -0.15) is 5.10 Å². The number of nitrogens with one attached hydrogen (secondary N) is 2. The summed E-state index contributed by atoms with van der Waals surface area (Å²) in [5, 5.41) is 21.8. The molecule has 0 spiro atoms. The van der Waals surface area contributed by atoms with E-state index in [9.17, 15) is 5.11 Å². The molecule has 178 valence electrons. The van der Waals surface area contributed by atoms with E-state index in [-0.39, 0.29) is 6.04 Å². The SMILES string of the molecule is CC1(O)CNC1c1cc(Nc2cc(Oc3cn(C4CC4)nc3C3CCOCC3)ccn2)ccn1. The Bertz CT molecular complexity index is 1170. The Kier molecular flexibility index (Phi) is 5.47. The van der Waals surface area contributed by atoms with E-state index >= 15 is 0 Å². The molecule has 9 nitrogen and oxygen atoms in total. The number of rotatable bonds is 7. The number of aliphatic hydroxyl groups is 1. The normalized spacial score (nSPS) is 25.1. The molecule has 2 atom stereocenters. The summed E-state index contributed by atoms with van der Waals surface area (Å²) >= 11 is 0. The summed E-state index contributed by atoms with van der Waals surface area (Å²) in [6.07, 6.45) is 9.80. The Hall–Kier alpha value is -3.01. The van der Waals surface area contributed by atoms with Crippen molar-refractivity contribution in [3.05, 3.63) is 54.2 Å². The van der Waals surface area contributed by atoms with E-state index in [4.69, 9.17) is 14.6 Å². The van der Waals surface area contributed by atoms with E-state index in [1.807, 2.05) is 37.4 Å². The van der Waals surface area contributed by atoms with Crippen molar-refractivity contribution in [3.63, 3.8) is 0 Å². The van der Waals surface area contributed by atoms with Crippen LogP contribution in [0.5, 0.6) is 11.5 Å². The summed E-state index contributed by atoms with van der Waals surface area (Å²) in [4.78, 5) is 8.88. The van der Waals surface area contributed by atoms with Gasteiger partial charge in [0.1, 0.15) is 17.3 Å². The Labute approximate surface area is 198 Å². The Morgan fingerprint density at radius 2 is 1.97 bits per heavy atom. The molecule has 0 bridgehead atoms. The fourth-order valence-corrected chi connectivity index (χ4v) is 4.67. The maximum Gasteiger partial charge on any atom is 0.168 e. The molecule has 0 aromatic carbocycles. The second kappa shape index (κ2) is 8.65. The van der Waals surface area contributed by atoms with Gasteiger partial charge in [0.05, 0.1) is 29.6 Å². The van der Waals surface area contributed by atoms with Crippen LogP contribution in [-0.4, -0.2) is 50.2 Å². The highest BCUT2D eigenvalue weighted by atomic mass is 16.5. The highest BCUT2D eigenvalue weighted by molar-refractivity contribution is 5.58. The predicted molar refractivity (Wildman–Crippen MR) is 126 cm³/mol. The lowest BCUT2D eigenvalue weighted by molar-refractivity contribution is -0.0442. The number of hydrogen-bond acceptors (Lipinski definition) is 8. The monoisotopic (exact) mass is 462 g/mol. The third-order valence-electron chi connectivity index (χ3n) is 6.85. The van der Waals surface area contributed by atoms with Gasteiger partial charge in [-0.05, 0) is 50.8 Å². The first-order valence-electron chi connectivity index (χ1n) is 12.0. The Morgan fingerprint density at radius 3 is 2.71 bits per heavy atom. The second-order valence-corrected chi connectivity index (χ2v) is 9.72. The van der Waals surface area contributed by atoms with Gasteiger partial charge in [-0.1, -0.05) is 0 Å². The fourth-order valence-electron chi connectivity index (χ4n) is 4.67. The Morgan fingerprint density at radius 1 is 1.15 bits per heavy atom. The van der Waals surface area contributed by atoms with Gasteiger partial charge in [0.15, 0.2) is 5.75 Å². The minimum absolute atomic E-state index is 0.177. The van der Waals surface area contributed by atoms with Crippen LogP contribution < -0.4 is 15.4 Å². The van der Waals surface area contributed by atoms with Crippen molar-refractivity contribution in [1.29, 1.82) is 0 Å². The van der Waals surface area contributed by atoms with Gasteiger partial charge in [-0.15, -0.1) is 0 Å². The zero-order valence-electron chi connectivity index (χ0n) is 19.3. The number of hydrogen-bond donors (Lipinski definition) is 3. The van der Waals surface area contributed by atoms with E-state index in [1.54, 1.807) is 12.4 Å². The molecular weight excluding hydrogens is 432 g/mol. The third-order valence-corrected chi connectivity index (χ3v) is 6.85. The van der Waals surface area contributed by atoms with Gasteiger partial charge in [-0.25, -0.2) is 4.98 Å². The number of β-amino-alcohol motifs (C(OH)–C–C–N with tert-alkyl or cyclic N) is 1. The molecule has 5 heterocycles. The molecule has 3 aliphatic rings. The molecule has 9 heteroatoms. The number of anilines is 2. The molecule has 2 unspecified atom stereocenters. The number of nitrogens with zero attached hydrogens (tertiary/aromatic N) is 4. The van der Waals surface area contributed by atoms with Crippen LogP contribution in [0.25, 0.3) is 0 Å². The average molecular weight is 463 g/mol. The van der Waals surface area contributed by atoms with Gasteiger partial charge < -0.3 is 25.2 Å². The van der Waals surface area contributed by atoms with Crippen LogP contribution in [0.2, 0.25) is 0 Å². The average Bonchev–Trinajstić information content (AvgIpc) is 3.60. The second-order valence-electron chi connectivity index (χ2n) is 9.72. The number of ether oxygens (including phenoxy) is 2. The zero-order valence-corrected chi connectivity index (χ0v) is 19.3. The van der Waals surface area contributed by atoms with Gasteiger partial charge in [0.2, 0.25) is 0 Å². The third kappa shape index (κ3) is 4.38. The Balaban J connectivity index is 1.21. The molecule has 0 amide bonds. The van der Waals surface area contributed by atoms with Crippen LogP contribution in [0.1, 0.15) is 62.0 Å². The topological polar surface area (TPSA) is 106 Å².